The first-order chi connectivity index (χ1) is 10.1. The van der Waals surface area contributed by atoms with Crippen LogP contribution in [0.1, 0.15) is 71.6 Å². The number of carbonyl (C=O) groups is 1. The Morgan fingerprint density at radius 1 is 1.14 bits per heavy atom. The van der Waals surface area contributed by atoms with Gasteiger partial charge in [0, 0.05) is 18.5 Å². The second-order valence-electron chi connectivity index (χ2n) is 7.63. The molecule has 0 aromatic heterocycles. The van der Waals surface area contributed by atoms with E-state index >= 15 is 0 Å². The van der Waals surface area contributed by atoms with Gasteiger partial charge in [0.15, 0.2) is 0 Å². The molecule has 0 radical (unpaired) electrons. The summed E-state index contributed by atoms with van der Waals surface area (Å²) in [4.78, 5) is 15.3. The van der Waals surface area contributed by atoms with Gasteiger partial charge in [-0.2, -0.15) is 0 Å². The van der Waals surface area contributed by atoms with Crippen molar-refractivity contribution in [3.63, 3.8) is 0 Å². The highest BCUT2D eigenvalue weighted by Crippen LogP contribution is 2.34. The summed E-state index contributed by atoms with van der Waals surface area (Å²) < 4.78 is 0. The van der Waals surface area contributed by atoms with Crippen molar-refractivity contribution in [2.24, 2.45) is 23.5 Å². The fourth-order valence-corrected chi connectivity index (χ4v) is 4.28. The van der Waals surface area contributed by atoms with E-state index in [0.717, 1.165) is 32.4 Å². The number of nitrogens with zero attached hydrogens (tertiary/aromatic N) is 1. The molecule has 0 aromatic rings. The average molecular weight is 294 g/mol. The van der Waals surface area contributed by atoms with E-state index in [-0.39, 0.29) is 5.92 Å². The zero-order chi connectivity index (χ0) is 15.2. The van der Waals surface area contributed by atoms with Crippen LogP contribution in [0, 0.1) is 17.8 Å². The predicted molar refractivity (Wildman–Crippen MR) is 87.9 cm³/mol. The van der Waals surface area contributed by atoms with Gasteiger partial charge in [0.2, 0.25) is 5.91 Å². The van der Waals surface area contributed by atoms with Crippen molar-refractivity contribution in [1.29, 1.82) is 0 Å². The molecule has 2 aliphatic carbocycles. The van der Waals surface area contributed by atoms with Crippen molar-refractivity contribution in [1.82, 2.24) is 4.90 Å². The first-order valence-electron chi connectivity index (χ1n) is 9.12. The van der Waals surface area contributed by atoms with Crippen LogP contribution in [0.15, 0.2) is 0 Å². The molecule has 2 rings (SSSR count). The maximum atomic E-state index is 13.1. The lowest BCUT2D eigenvalue weighted by molar-refractivity contribution is -0.140. The number of nitrogens with two attached hydrogens (primary N) is 1. The molecule has 2 N–H and O–H groups in total. The number of rotatable bonds is 6. The lowest BCUT2D eigenvalue weighted by Crippen LogP contribution is -2.45. The van der Waals surface area contributed by atoms with E-state index < -0.39 is 0 Å². The number of hydrogen-bond donors (Lipinski definition) is 1. The molecule has 1 amide bonds. The SMILES string of the molecule is CC(C)CN(C(=O)C1CCCC(CCN)C1)C1CCCC1. The average Bonchev–Trinajstić information content (AvgIpc) is 2.98. The molecular formula is C18H34N2O. The van der Waals surface area contributed by atoms with Gasteiger partial charge < -0.3 is 10.6 Å². The van der Waals surface area contributed by atoms with E-state index in [9.17, 15) is 4.79 Å². The summed E-state index contributed by atoms with van der Waals surface area (Å²) in [6.45, 7) is 6.17. The van der Waals surface area contributed by atoms with E-state index in [0.29, 0.717) is 23.8 Å². The summed E-state index contributed by atoms with van der Waals surface area (Å²) in [5.41, 5.74) is 5.71. The molecule has 21 heavy (non-hydrogen) atoms. The summed E-state index contributed by atoms with van der Waals surface area (Å²) >= 11 is 0. The van der Waals surface area contributed by atoms with E-state index in [1.165, 1.54) is 38.5 Å². The van der Waals surface area contributed by atoms with Crippen LogP contribution in [0.25, 0.3) is 0 Å². The van der Waals surface area contributed by atoms with Crippen molar-refractivity contribution in [3.05, 3.63) is 0 Å². The maximum Gasteiger partial charge on any atom is 0.225 e. The molecule has 2 aliphatic rings. The number of hydrogen-bond acceptors (Lipinski definition) is 2. The Bertz CT molecular complexity index is 321. The third-order valence-electron chi connectivity index (χ3n) is 5.32. The maximum absolute atomic E-state index is 13.1. The van der Waals surface area contributed by atoms with Gasteiger partial charge in [-0.25, -0.2) is 0 Å². The fraction of sp³-hybridized carbons (Fsp3) is 0.944. The van der Waals surface area contributed by atoms with E-state index in [2.05, 4.69) is 18.7 Å². The smallest absolute Gasteiger partial charge is 0.225 e. The fourth-order valence-electron chi connectivity index (χ4n) is 4.28. The topological polar surface area (TPSA) is 46.3 Å². The Morgan fingerprint density at radius 2 is 1.86 bits per heavy atom. The summed E-state index contributed by atoms with van der Waals surface area (Å²) in [6, 6.07) is 0.523. The van der Waals surface area contributed by atoms with Gasteiger partial charge in [-0.15, -0.1) is 0 Å². The van der Waals surface area contributed by atoms with E-state index in [1.54, 1.807) is 0 Å². The molecule has 0 aliphatic heterocycles. The highest BCUT2D eigenvalue weighted by atomic mass is 16.2. The minimum atomic E-state index is 0.273. The predicted octanol–water partition coefficient (Wildman–Crippen LogP) is 3.57. The molecule has 3 nitrogen and oxygen atoms in total. The molecule has 2 atom stereocenters. The zero-order valence-electron chi connectivity index (χ0n) is 14.0. The second kappa shape index (κ2) is 8.17. The van der Waals surface area contributed by atoms with Crippen molar-refractivity contribution >= 4 is 5.91 Å². The van der Waals surface area contributed by atoms with Gasteiger partial charge in [-0.1, -0.05) is 39.5 Å². The van der Waals surface area contributed by atoms with E-state index in [1.807, 2.05) is 0 Å². The monoisotopic (exact) mass is 294 g/mol. The lowest BCUT2D eigenvalue weighted by Gasteiger charge is -2.36. The van der Waals surface area contributed by atoms with Crippen LogP contribution in [-0.4, -0.2) is 29.9 Å². The normalized spacial score (nSPS) is 27.2. The Labute approximate surface area is 130 Å². The van der Waals surface area contributed by atoms with Crippen LogP contribution >= 0.6 is 0 Å². The van der Waals surface area contributed by atoms with Gasteiger partial charge >= 0.3 is 0 Å². The van der Waals surface area contributed by atoms with E-state index in [4.69, 9.17) is 5.73 Å². The van der Waals surface area contributed by atoms with Crippen LogP contribution in [0.4, 0.5) is 0 Å². The molecule has 2 unspecified atom stereocenters. The van der Waals surface area contributed by atoms with Crippen LogP contribution in [-0.2, 0) is 4.79 Å². The summed E-state index contributed by atoms with van der Waals surface area (Å²) in [7, 11) is 0. The number of amides is 1. The molecule has 0 saturated heterocycles. The van der Waals surface area contributed by atoms with Gasteiger partial charge in [-0.05, 0) is 50.5 Å². The summed E-state index contributed by atoms with van der Waals surface area (Å²) in [5.74, 6) is 1.98. The van der Waals surface area contributed by atoms with Crippen molar-refractivity contribution in [2.75, 3.05) is 13.1 Å². The third-order valence-corrected chi connectivity index (χ3v) is 5.32. The summed E-state index contributed by atoms with van der Waals surface area (Å²) in [5, 5.41) is 0. The Hall–Kier alpha value is -0.570. The van der Waals surface area contributed by atoms with Gasteiger partial charge in [-0.3, -0.25) is 4.79 Å². The minimum Gasteiger partial charge on any atom is -0.339 e. The molecule has 2 fully saturated rings. The summed E-state index contributed by atoms with van der Waals surface area (Å²) in [6.07, 6.45) is 10.8. The Kier molecular flexibility index (Phi) is 6.53. The second-order valence-corrected chi connectivity index (χ2v) is 7.63. The lowest BCUT2D eigenvalue weighted by atomic mass is 9.79. The van der Waals surface area contributed by atoms with Gasteiger partial charge in [0.05, 0.1) is 0 Å². The van der Waals surface area contributed by atoms with Gasteiger partial charge in [0.25, 0.3) is 0 Å². The molecule has 0 bridgehead atoms. The highest BCUT2D eigenvalue weighted by Gasteiger charge is 2.34. The molecule has 0 spiro atoms. The zero-order valence-corrected chi connectivity index (χ0v) is 14.0. The highest BCUT2D eigenvalue weighted by molar-refractivity contribution is 5.79. The molecule has 0 heterocycles. The Balaban J connectivity index is 1.98. The minimum absolute atomic E-state index is 0.273. The van der Waals surface area contributed by atoms with Crippen LogP contribution in [0.2, 0.25) is 0 Å². The standard InChI is InChI=1S/C18H34N2O/c1-14(2)13-20(17-8-3-4-9-17)18(21)16-7-5-6-15(12-16)10-11-19/h14-17H,3-13,19H2,1-2H3. The van der Waals surface area contributed by atoms with Gasteiger partial charge in [0.1, 0.15) is 0 Å². The van der Waals surface area contributed by atoms with Crippen molar-refractivity contribution < 1.29 is 4.79 Å². The molecule has 3 heteroatoms. The largest absolute Gasteiger partial charge is 0.339 e. The van der Waals surface area contributed by atoms with Crippen LogP contribution in [0.3, 0.4) is 0 Å². The van der Waals surface area contributed by atoms with Crippen molar-refractivity contribution in [3.8, 4) is 0 Å². The van der Waals surface area contributed by atoms with Crippen LogP contribution in [0.5, 0.6) is 0 Å². The number of carbonyl (C=O) groups excluding carboxylic acids is 1. The van der Waals surface area contributed by atoms with Crippen molar-refractivity contribution in [2.45, 2.75) is 77.7 Å². The molecule has 2 saturated carbocycles. The molecule has 0 aromatic carbocycles. The third kappa shape index (κ3) is 4.70. The molecule has 122 valence electrons. The Morgan fingerprint density at radius 3 is 2.48 bits per heavy atom. The quantitative estimate of drug-likeness (QED) is 0.814. The molecular weight excluding hydrogens is 260 g/mol. The van der Waals surface area contributed by atoms with Crippen LogP contribution < -0.4 is 5.73 Å². The first kappa shape index (κ1) is 16.8. The first-order valence-corrected chi connectivity index (χ1v) is 9.12.